The predicted molar refractivity (Wildman–Crippen MR) is 143 cm³/mol. The molecule has 3 aromatic rings. The lowest BCUT2D eigenvalue weighted by atomic mass is 10.0. The van der Waals surface area contributed by atoms with Gasteiger partial charge < -0.3 is 24.8 Å². The van der Waals surface area contributed by atoms with Crippen molar-refractivity contribution in [3.8, 4) is 5.75 Å². The third kappa shape index (κ3) is 6.20. The van der Waals surface area contributed by atoms with Crippen LogP contribution in [-0.4, -0.2) is 72.8 Å². The van der Waals surface area contributed by atoms with Crippen molar-refractivity contribution in [3.63, 3.8) is 0 Å². The van der Waals surface area contributed by atoms with E-state index in [1.807, 2.05) is 24.3 Å². The lowest BCUT2D eigenvalue weighted by Gasteiger charge is -2.36. The van der Waals surface area contributed by atoms with Gasteiger partial charge in [0.2, 0.25) is 0 Å². The number of hydrogen-bond acceptors (Lipinski definition) is 7. The van der Waals surface area contributed by atoms with Crippen LogP contribution in [0.5, 0.6) is 5.75 Å². The average molecular weight is 521 g/mol. The number of ether oxygens (including phenoxy) is 3. The summed E-state index contributed by atoms with van der Waals surface area (Å²) < 4.78 is 16.4. The van der Waals surface area contributed by atoms with Crippen LogP contribution in [0.2, 0.25) is 0 Å². The zero-order valence-electron chi connectivity index (χ0n) is 21.9. The summed E-state index contributed by atoms with van der Waals surface area (Å²) >= 11 is 0. The van der Waals surface area contributed by atoms with E-state index in [-0.39, 0.29) is 30.4 Å². The van der Waals surface area contributed by atoms with Gasteiger partial charge in [-0.1, -0.05) is 24.3 Å². The molecule has 1 unspecified atom stereocenters. The molecule has 3 amide bonds. The molecule has 0 aliphatic carbocycles. The summed E-state index contributed by atoms with van der Waals surface area (Å²) in [6.45, 7) is 6.53. The second-order valence-corrected chi connectivity index (χ2v) is 9.83. The number of anilines is 1. The van der Waals surface area contributed by atoms with Gasteiger partial charge in [0, 0.05) is 30.2 Å². The highest BCUT2D eigenvalue weighted by molar-refractivity contribution is 6.15. The van der Waals surface area contributed by atoms with Crippen LogP contribution in [-0.2, 0) is 9.47 Å². The number of aromatic nitrogens is 1. The molecule has 1 fully saturated rings. The van der Waals surface area contributed by atoms with E-state index in [1.165, 1.54) is 6.20 Å². The number of nitrogens with zero attached hydrogens (tertiary/aromatic N) is 2. The van der Waals surface area contributed by atoms with Crippen molar-refractivity contribution in [1.29, 1.82) is 0 Å². The minimum Gasteiger partial charge on any atom is -0.496 e. The van der Waals surface area contributed by atoms with E-state index in [4.69, 9.17) is 14.2 Å². The standard InChI is InChI=1S/C28H32N4O6/c1-28(2,3)38-27(35)32-14-15-37-17-18(32)16-30-26(34)24-22(10-7-13-29-24)31-25(33)21-11-12-23(36-4)20-9-6-5-8-19(20)21/h5-13,18H,14-17H2,1-4H3,(H,30,34)(H,31,33). The Morgan fingerprint density at radius 3 is 2.55 bits per heavy atom. The molecule has 0 radical (unpaired) electrons. The number of morpholine rings is 1. The van der Waals surface area contributed by atoms with Gasteiger partial charge in [0.25, 0.3) is 11.8 Å². The fourth-order valence-electron chi connectivity index (χ4n) is 4.20. The first-order chi connectivity index (χ1) is 18.2. The van der Waals surface area contributed by atoms with Gasteiger partial charge in [-0.05, 0) is 50.4 Å². The van der Waals surface area contributed by atoms with E-state index in [2.05, 4.69) is 15.6 Å². The summed E-state index contributed by atoms with van der Waals surface area (Å²) in [7, 11) is 1.58. The largest absolute Gasteiger partial charge is 0.496 e. The molecule has 2 heterocycles. The van der Waals surface area contributed by atoms with Crippen molar-refractivity contribution in [2.75, 3.05) is 38.7 Å². The number of nitrogens with one attached hydrogen (secondary N) is 2. The van der Waals surface area contributed by atoms with Gasteiger partial charge >= 0.3 is 6.09 Å². The van der Waals surface area contributed by atoms with Gasteiger partial charge in [-0.15, -0.1) is 0 Å². The first kappa shape index (κ1) is 26.9. The van der Waals surface area contributed by atoms with E-state index in [0.717, 1.165) is 10.8 Å². The fourth-order valence-corrected chi connectivity index (χ4v) is 4.20. The number of carbonyl (C=O) groups excluding carboxylic acids is 3. The molecule has 0 bridgehead atoms. The number of rotatable bonds is 6. The molecule has 1 aromatic heterocycles. The molecule has 0 saturated carbocycles. The second kappa shape index (κ2) is 11.5. The number of benzene rings is 2. The number of fused-ring (bicyclic) bond motifs is 1. The normalized spacial score (nSPS) is 15.6. The van der Waals surface area contributed by atoms with Crippen molar-refractivity contribution in [3.05, 3.63) is 66.0 Å². The molecule has 1 aliphatic rings. The van der Waals surface area contributed by atoms with Gasteiger partial charge in [0.1, 0.15) is 11.4 Å². The molecule has 38 heavy (non-hydrogen) atoms. The summed E-state index contributed by atoms with van der Waals surface area (Å²) in [5, 5.41) is 7.15. The molecule has 1 atom stereocenters. The molecule has 1 saturated heterocycles. The second-order valence-electron chi connectivity index (χ2n) is 9.83. The number of amides is 3. The number of carbonyl (C=O) groups is 3. The number of hydrogen-bond donors (Lipinski definition) is 2. The summed E-state index contributed by atoms with van der Waals surface area (Å²) in [6.07, 6.45) is 1.02. The van der Waals surface area contributed by atoms with Crippen molar-refractivity contribution < 1.29 is 28.6 Å². The van der Waals surface area contributed by atoms with E-state index < -0.39 is 23.6 Å². The summed E-state index contributed by atoms with van der Waals surface area (Å²) in [5.41, 5.74) is 0.112. The third-order valence-electron chi connectivity index (χ3n) is 5.97. The fraction of sp³-hybridized carbons (Fsp3) is 0.357. The lowest BCUT2D eigenvalue weighted by Crippen LogP contribution is -2.54. The Balaban J connectivity index is 1.48. The van der Waals surface area contributed by atoms with Crippen LogP contribution in [0.1, 0.15) is 41.6 Å². The zero-order valence-corrected chi connectivity index (χ0v) is 21.9. The van der Waals surface area contributed by atoms with Crippen LogP contribution in [0.3, 0.4) is 0 Å². The van der Waals surface area contributed by atoms with Crippen LogP contribution in [0, 0.1) is 0 Å². The molecule has 2 aromatic carbocycles. The Morgan fingerprint density at radius 1 is 1.05 bits per heavy atom. The molecule has 10 heteroatoms. The first-order valence-electron chi connectivity index (χ1n) is 12.4. The van der Waals surface area contributed by atoms with E-state index in [1.54, 1.807) is 57.0 Å². The minimum atomic E-state index is -0.639. The molecule has 10 nitrogen and oxygen atoms in total. The maximum Gasteiger partial charge on any atom is 0.410 e. The Labute approximate surface area is 221 Å². The maximum absolute atomic E-state index is 13.3. The van der Waals surface area contributed by atoms with Gasteiger partial charge in [0.15, 0.2) is 5.69 Å². The van der Waals surface area contributed by atoms with Crippen molar-refractivity contribution in [1.82, 2.24) is 15.2 Å². The summed E-state index contributed by atoms with van der Waals surface area (Å²) in [5.74, 6) is -0.219. The molecule has 4 rings (SSSR count). The Bertz CT molecular complexity index is 1340. The van der Waals surface area contributed by atoms with Gasteiger partial charge in [-0.2, -0.15) is 0 Å². The Morgan fingerprint density at radius 2 is 1.82 bits per heavy atom. The topological polar surface area (TPSA) is 119 Å². The highest BCUT2D eigenvalue weighted by atomic mass is 16.6. The molecule has 1 aliphatic heterocycles. The SMILES string of the molecule is COc1ccc(C(=O)Nc2cccnc2C(=O)NCC2COCCN2C(=O)OC(C)(C)C)c2ccccc12. The minimum absolute atomic E-state index is 0.0548. The van der Waals surface area contributed by atoms with Gasteiger partial charge in [-0.3, -0.25) is 14.5 Å². The number of pyridine rings is 1. The highest BCUT2D eigenvalue weighted by Crippen LogP contribution is 2.29. The zero-order chi connectivity index (χ0) is 27.3. The van der Waals surface area contributed by atoms with E-state index in [9.17, 15) is 14.4 Å². The van der Waals surface area contributed by atoms with E-state index >= 15 is 0 Å². The van der Waals surface area contributed by atoms with Crippen molar-refractivity contribution in [2.45, 2.75) is 32.4 Å². The predicted octanol–water partition coefficient (Wildman–Crippen LogP) is 3.86. The van der Waals surface area contributed by atoms with Crippen molar-refractivity contribution in [2.24, 2.45) is 0 Å². The molecule has 200 valence electrons. The smallest absolute Gasteiger partial charge is 0.410 e. The third-order valence-corrected chi connectivity index (χ3v) is 5.97. The first-order valence-corrected chi connectivity index (χ1v) is 12.4. The summed E-state index contributed by atoms with van der Waals surface area (Å²) in [4.78, 5) is 44.8. The van der Waals surface area contributed by atoms with Crippen LogP contribution in [0.15, 0.2) is 54.7 Å². The maximum atomic E-state index is 13.3. The molecular weight excluding hydrogens is 488 g/mol. The van der Waals surface area contributed by atoms with Crippen molar-refractivity contribution >= 4 is 34.4 Å². The molecular formula is C28H32N4O6. The van der Waals surface area contributed by atoms with Gasteiger partial charge in [-0.25, -0.2) is 9.78 Å². The van der Waals surface area contributed by atoms with Crippen LogP contribution in [0.25, 0.3) is 10.8 Å². The van der Waals surface area contributed by atoms with E-state index in [0.29, 0.717) is 24.5 Å². The Kier molecular flexibility index (Phi) is 8.11. The Hall–Kier alpha value is -4.18. The summed E-state index contributed by atoms with van der Waals surface area (Å²) in [6, 6.07) is 13.7. The van der Waals surface area contributed by atoms with Gasteiger partial charge in [0.05, 0.1) is 32.1 Å². The van der Waals surface area contributed by atoms with Crippen LogP contribution < -0.4 is 15.4 Å². The quantitative estimate of drug-likeness (QED) is 0.507. The highest BCUT2D eigenvalue weighted by Gasteiger charge is 2.31. The molecule has 2 N–H and O–H groups in total. The average Bonchev–Trinajstić information content (AvgIpc) is 2.90. The molecule has 0 spiro atoms. The van der Waals surface area contributed by atoms with Crippen LogP contribution in [0.4, 0.5) is 10.5 Å². The lowest BCUT2D eigenvalue weighted by molar-refractivity contribution is -0.0314. The number of methoxy groups -OCH3 is 1. The van der Waals surface area contributed by atoms with Crippen LogP contribution >= 0.6 is 0 Å². The monoisotopic (exact) mass is 520 g/mol.